The Morgan fingerprint density at radius 2 is 2.03 bits per heavy atom. The fourth-order valence-electron chi connectivity index (χ4n) is 2.90. The third-order valence-corrected chi connectivity index (χ3v) is 5.83. The molecule has 0 unspecified atom stereocenters. The van der Waals surface area contributed by atoms with Gasteiger partial charge in [-0.25, -0.2) is 0 Å². The van der Waals surface area contributed by atoms with Crippen molar-refractivity contribution < 1.29 is 4.79 Å². The number of allylic oxidation sites excluding steroid dienone is 1. The first-order valence-electron chi connectivity index (χ1n) is 9.29. The normalized spacial score (nSPS) is 10.8. The Labute approximate surface area is 178 Å². The summed E-state index contributed by atoms with van der Waals surface area (Å²) < 4.78 is 1.75. The molecule has 0 saturated carbocycles. The number of rotatable bonds is 8. The van der Waals surface area contributed by atoms with Crippen LogP contribution in [0.1, 0.15) is 21.5 Å². The largest absolute Gasteiger partial charge is 0.351 e. The number of aryl methyl sites for hydroxylation is 1. The van der Waals surface area contributed by atoms with Gasteiger partial charge < -0.3 is 10.3 Å². The van der Waals surface area contributed by atoms with Crippen LogP contribution in [0, 0.1) is 11.7 Å². The molecular weight excluding hydrogens is 402 g/mol. The summed E-state index contributed by atoms with van der Waals surface area (Å²) in [6.45, 7) is 6.63. The number of benzene rings is 2. The van der Waals surface area contributed by atoms with E-state index in [-0.39, 0.29) is 11.5 Å². The summed E-state index contributed by atoms with van der Waals surface area (Å²) in [6, 6.07) is 13.5. The fraction of sp³-hybridized carbons (Fsp3) is 0.227. The topological polar surface area (TPSA) is 66.9 Å². The second-order valence-corrected chi connectivity index (χ2v) is 8.18. The van der Waals surface area contributed by atoms with Gasteiger partial charge in [-0.1, -0.05) is 35.9 Å². The van der Waals surface area contributed by atoms with Crippen LogP contribution in [-0.4, -0.2) is 27.8 Å². The first kappa shape index (κ1) is 21.1. The Balaban J connectivity index is 1.59. The highest BCUT2D eigenvalue weighted by atomic mass is 32.2. The van der Waals surface area contributed by atoms with Gasteiger partial charge in [0.1, 0.15) is 0 Å². The zero-order valence-electron chi connectivity index (χ0n) is 16.2. The third kappa shape index (κ3) is 5.25. The first-order valence-corrected chi connectivity index (χ1v) is 10.8. The molecular formula is C22H23N3O2S2. The number of nitrogens with zero attached hydrogens (tertiary/aromatic N) is 1. The Bertz CT molecular complexity index is 1150. The highest BCUT2D eigenvalue weighted by Crippen LogP contribution is 2.13. The lowest BCUT2D eigenvalue weighted by Gasteiger charge is -2.08. The lowest BCUT2D eigenvalue weighted by atomic mass is 10.1. The maximum absolute atomic E-state index is 12.5. The maximum atomic E-state index is 12.5. The van der Waals surface area contributed by atoms with Crippen LogP contribution in [-0.2, 0) is 12.3 Å². The van der Waals surface area contributed by atoms with Gasteiger partial charge in [0.05, 0.1) is 10.9 Å². The molecule has 1 aromatic heterocycles. The molecule has 150 valence electrons. The molecule has 1 amide bonds. The third-order valence-electron chi connectivity index (χ3n) is 4.48. The van der Waals surface area contributed by atoms with E-state index < -0.39 is 0 Å². The van der Waals surface area contributed by atoms with Crippen LogP contribution >= 0.6 is 24.0 Å². The average Bonchev–Trinajstić information content (AvgIpc) is 2.71. The van der Waals surface area contributed by atoms with Crippen molar-refractivity contribution in [3.05, 3.63) is 86.9 Å². The highest BCUT2D eigenvalue weighted by molar-refractivity contribution is 7.98. The van der Waals surface area contributed by atoms with Crippen LogP contribution in [0.5, 0.6) is 0 Å². The summed E-state index contributed by atoms with van der Waals surface area (Å²) in [5, 5.41) is 3.41. The number of hydrogen-bond donors (Lipinski definition) is 2. The van der Waals surface area contributed by atoms with Crippen LogP contribution in [0.25, 0.3) is 10.9 Å². The Morgan fingerprint density at radius 1 is 1.28 bits per heavy atom. The van der Waals surface area contributed by atoms with Crippen molar-refractivity contribution in [1.29, 1.82) is 0 Å². The number of thioether (sulfide) groups is 1. The summed E-state index contributed by atoms with van der Waals surface area (Å²) in [4.78, 5) is 28.0. The van der Waals surface area contributed by atoms with Crippen LogP contribution in [0.3, 0.4) is 0 Å². The molecule has 2 aromatic carbocycles. The minimum absolute atomic E-state index is 0.169. The van der Waals surface area contributed by atoms with E-state index in [0.29, 0.717) is 34.3 Å². The molecule has 7 heteroatoms. The average molecular weight is 426 g/mol. The zero-order chi connectivity index (χ0) is 20.8. The van der Waals surface area contributed by atoms with Gasteiger partial charge in [-0.15, -0.1) is 6.58 Å². The second kappa shape index (κ2) is 9.71. The molecule has 0 saturated heterocycles. The number of amides is 1. The molecule has 5 nitrogen and oxygen atoms in total. The Hall–Kier alpha value is -2.64. The smallest absolute Gasteiger partial charge is 0.262 e. The first-order chi connectivity index (χ1) is 14.0. The Kier molecular flexibility index (Phi) is 7.06. The van der Waals surface area contributed by atoms with E-state index >= 15 is 0 Å². The number of carbonyl (C=O) groups is 1. The van der Waals surface area contributed by atoms with Crippen molar-refractivity contribution in [1.82, 2.24) is 14.9 Å². The van der Waals surface area contributed by atoms with Gasteiger partial charge in [0.15, 0.2) is 4.77 Å². The number of hydrogen-bond acceptors (Lipinski definition) is 4. The van der Waals surface area contributed by atoms with Gasteiger partial charge in [0.2, 0.25) is 0 Å². The summed E-state index contributed by atoms with van der Waals surface area (Å²) in [5.74, 6) is 1.57. The number of carbonyl (C=O) groups excluding carboxylic acids is 1. The van der Waals surface area contributed by atoms with Gasteiger partial charge in [-0.3, -0.25) is 14.2 Å². The molecule has 3 rings (SSSR count). The minimum Gasteiger partial charge on any atom is -0.351 e. The number of aromatic nitrogens is 2. The van der Waals surface area contributed by atoms with E-state index in [4.69, 9.17) is 12.2 Å². The zero-order valence-corrected chi connectivity index (χ0v) is 17.9. The number of H-pyrrole nitrogens is 1. The van der Waals surface area contributed by atoms with Gasteiger partial charge in [-0.2, -0.15) is 11.8 Å². The summed E-state index contributed by atoms with van der Waals surface area (Å²) in [7, 11) is 0. The number of nitrogens with one attached hydrogen (secondary N) is 2. The highest BCUT2D eigenvalue weighted by Gasteiger charge is 2.10. The van der Waals surface area contributed by atoms with Gasteiger partial charge in [0, 0.05) is 30.2 Å². The predicted molar refractivity (Wildman–Crippen MR) is 123 cm³/mol. The molecule has 0 atom stereocenters. The predicted octanol–water partition coefficient (Wildman–Crippen LogP) is 4.22. The van der Waals surface area contributed by atoms with Crippen LogP contribution in [0.15, 0.2) is 59.9 Å². The van der Waals surface area contributed by atoms with Gasteiger partial charge in [0.25, 0.3) is 11.5 Å². The molecule has 0 aliphatic heterocycles. The number of fused-ring (bicyclic) bond motifs is 1. The molecule has 3 aromatic rings. The van der Waals surface area contributed by atoms with E-state index in [1.54, 1.807) is 36.0 Å². The van der Waals surface area contributed by atoms with Crippen molar-refractivity contribution in [3.63, 3.8) is 0 Å². The van der Waals surface area contributed by atoms with Crippen molar-refractivity contribution in [2.75, 3.05) is 12.3 Å². The van der Waals surface area contributed by atoms with Crippen LogP contribution < -0.4 is 10.9 Å². The van der Waals surface area contributed by atoms with E-state index in [2.05, 4.69) is 48.1 Å². The second-order valence-electron chi connectivity index (χ2n) is 6.69. The molecule has 0 radical (unpaired) electrons. The monoisotopic (exact) mass is 425 g/mol. The lowest BCUT2D eigenvalue weighted by molar-refractivity contribution is 0.0956. The van der Waals surface area contributed by atoms with Crippen molar-refractivity contribution >= 4 is 40.8 Å². The van der Waals surface area contributed by atoms with Gasteiger partial charge >= 0.3 is 0 Å². The van der Waals surface area contributed by atoms with Crippen molar-refractivity contribution in [2.45, 2.75) is 19.2 Å². The van der Waals surface area contributed by atoms with Gasteiger partial charge in [-0.05, 0) is 42.9 Å². The van der Waals surface area contributed by atoms with E-state index in [1.165, 1.54) is 15.7 Å². The van der Waals surface area contributed by atoms with Crippen molar-refractivity contribution in [2.24, 2.45) is 0 Å². The van der Waals surface area contributed by atoms with Crippen molar-refractivity contribution in [3.8, 4) is 0 Å². The molecule has 0 fully saturated rings. The standard InChI is InChI=1S/C22H23N3O2S2/c1-3-11-25-21(27)18-9-8-17(13-19(18)24-22(25)28)20(26)23-10-12-29-14-16-6-4-15(2)5-7-16/h3-9,13H,1,10-12,14H2,2H3,(H,23,26)(H,24,28). The van der Waals surface area contributed by atoms with Crippen LogP contribution in [0.2, 0.25) is 0 Å². The Morgan fingerprint density at radius 3 is 2.76 bits per heavy atom. The molecule has 0 spiro atoms. The molecule has 2 N–H and O–H groups in total. The molecule has 1 heterocycles. The number of aromatic amines is 1. The quantitative estimate of drug-likeness (QED) is 0.322. The molecule has 0 bridgehead atoms. The van der Waals surface area contributed by atoms with E-state index in [9.17, 15) is 9.59 Å². The summed E-state index contributed by atoms with van der Waals surface area (Å²) in [5.41, 5.74) is 3.39. The summed E-state index contributed by atoms with van der Waals surface area (Å²) >= 11 is 7.02. The molecule has 29 heavy (non-hydrogen) atoms. The summed E-state index contributed by atoms with van der Waals surface area (Å²) in [6.07, 6.45) is 1.62. The minimum atomic E-state index is -0.192. The SMILES string of the molecule is C=CCn1c(=S)[nH]c2cc(C(=O)NCCSCc3ccc(C)cc3)ccc2c1=O. The maximum Gasteiger partial charge on any atom is 0.262 e. The van der Waals surface area contributed by atoms with E-state index in [0.717, 1.165) is 11.5 Å². The van der Waals surface area contributed by atoms with Crippen LogP contribution in [0.4, 0.5) is 0 Å². The van der Waals surface area contributed by atoms with E-state index in [1.807, 2.05) is 0 Å². The molecule has 0 aliphatic carbocycles. The lowest BCUT2D eigenvalue weighted by Crippen LogP contribution is -2.26. The molecule has 0 aliphatic rings. The fourth-order valence-corrected chi connectivity index (χ4v) is 3.99.